The van der Waals surface area contributed by atoms with Gasteiger partial charge in [-0.15, -0.1) is 0 Å². The molecule has 1 atom stereocenters. The quantitative estimate of drug-likeness (QED) is 0.420. The minimum Gasteiger partial charge on any atom is -0.492 e. The molecule has 7 nitrogen and oxygen atoms in total. The van der Waals surface area contributed by atoms with E-state index in [1.807, 2.05) is 19.1 Å². The molecule has 0 fully saturated rings. The second-order valence-corrected chi connectivity index (χ2v) is 12.3. The second-order valence-electron chi connectivity index (χ2n) is 9.98. The molecule has 0 aliphatic carbocycles. The highest BCUT2D eigenvalue weighted by Gasteiger charge is 2.38. The van der Waals surface area contributed by atoms with Gasteiger partial charge < -0.3 is 14.8 Å². The van der Waals surface area contributed by atoms with Crippen molar-refractivity contribution in [3.63, 3.8) is 0 Å². The summed E-state index contributed by atoms with van der Waals surface area (Å²) in [5.74, 6) is 0.549. The van der Waals surface area contributed by atoms with Gasteiger partial charge in [-0.3, -0.25) is 9.10 Å². The number of benzene rings is 3. The molecular formula is C28H31ClN2O5S. The maximum absolute atomic E-state index is 13.7. The first-order valence-electron chi connectivity index (χ1n) is 12.0. The largest absolute Gasteiger partial charge is 0.492 e. The molecule has 0 unspecified atom stereocenters. The minimum atomic E-state index is -3.95. The fourth-order valence-corrected chi connectivity index (χ4v) is 5.50. The van der Waals surface area contributed by atoms with Gasteiger partial charge in [-0.05, 0) is 66.4 Å². The van der Waals surface area contributed by atoms with Crippen LogP contribution in [0.1, 0.15) is 31.9 Å². The van der Waals surface area contributed by atoms with Crippen LogP contribution >= 0.6 is 11.6 Å². The van der Waals surface area contributed by atoms with Crippen LogP contribution in [0.3, 0.4) is 0 Å². The Morgan fingerprint density at radius 3 is 2.41 bits per heavy atom. The van der Waals surface area contributed by atoms with Gasteiger partial charge in [0.15, 0.2) is 6.10 Å². The molecule has 196 valence electrons. The summed E-state index contributed by atoms with van der Waals surface area (Å²) in [4.78, 5) is 13.2. The van der Waals surface area contributed by atoms with Crippen LogP contribution in [0.5, 0.6) is 11.5 Å². The highest BCUT2D eigenvalue weighted by Crippen LogP contribution is 2.40. The minimum absolute atomic E-state index is 0.152. The molecule has 1 amide bonds. The van der Waals surface area contributed by atoms with Gasteiger partial charge in [0.1, 0.15) is 18.1 Å². The van der Waals surface area contributed by atoms with Crippen LogP contribution in [0.4, 0.5) is 5.69 Å². The van der Waals surface area contributed by atoms with E-state index in [0.717, 1.165) is 11.1 Å². The van der Waals surface area contributed by atoms with Gasteiger partial charge in [0, 0.05) is 5.02 Å². The molecule has 0 saturated heterocycles. The Morgan fingerprint density at radius 2 is 1.76 bits per heavy atom. The second kappa shape index (κ2) is 10.6. The standard InChI is InChI=1S/C28H31ClN2O5S/c1-19-5-12-23(13-6-19)37(33,34)31-18-26(36-25-14-7-20(17-24(25)31)28(2,3)4)27(32)30-15-16-35-22-10-8-21(29)9-11-22/h5-14,17,26H,15-16,18H2,1-4H3,(H,30,32)/t26-/m0/s1. The summed E-state index contributed by atoms with van der Waals surface area (Å²) in [6.07, 6.45) is -1.02. The highest BCUT2D eigenvalue weighted by atomic mass is 35.5. The number of carbonyl (C=O) groups excluding carboxylic acids is 1. The lowest BCUT2D eigenvalue weighted by Gasteiger charge is -2.36. The molecule has 0 radical (unpaired) electrons. The first kappa shape index (κ1) is 26.8. The number of fused-ring (bicyclic) bond motifs is 1. The topological polar surface area (TPSA) is 84.9 Å². The van der Waals surface area contributed by atoms with Crippen molar-refractivity contribution in [3.8, 4) is 11.5 Å². The number of rotatable bonds is 7. The van der Waals surface area contributed by atoms with Crippen molar-refractivity contribution in [1.29, 1.82) is 0 Å². The Bertz CT molecular complexity index is 1370. The third-order valence-electron chi connectivity index (χ3n) is 6.08. The first-order valence-corrected chi connectivity index (χ1v) is 13.8. The van der Waals surface area contributed by atoms with Gasteiger partial charge in [0.05, 0.1) is 23.7 Å². The Balaban J connectivity index is 1.55. The van der Waals surface area contributed by atoms with Crippen molar-refractivity contribution in [2.45, 2.75) is 44.1 Å². The van der Waals surface area contributed by atoms with Crippen LogP contribution in [0.2, 0.25) is 5.02 Å². The molecule has 1 heterocycles. The lowest BCUT2D eigenvalue weighted by atomic mass is 9.86. The summed E-state index contributed by atoms with van der Waals surface area (Å²) < 4.78 is 40.4. The number of nitrogens with zero attached hydrogens (tertiary/aromatic N) is 1. The number of aryl methyl sites for hydroxylation is 1. The molecular weight excluding hydrogens is 512 g/mol. The molecule has 4 rings (SSSR count). The smallest absolute Gasteiger partial charge is 0.264 e. The number of hydrogen-bond donors (Lipinski definition) is 1. The Hall–Kier alpha value is -3.23. The van der Waals surface area contributed by atoms with Crippen LogP contribution in [-0.2, 0) is 20.2 Å². The summed E-state index contributed by atoms with van der Waals surface area (Å²) in [5, 5.41) is 3.39. The number of ether oxygens (including phenoxy) is 2. The SMILES string of the molecule is Cc1ccc(S(=O)(=O)N2C[C@@H](C(=O)NCCOc3ccc(Cl)cc3)Oc3ccc(C(C)(C)C)cc32)cc1. The van der Waals surface area contributed by atoms with Crippen LogP contribution in [-0.4, -0.2) is 40.1 Å². The normalized spacial score (nSPS) is 15.5. The lowest BCUT2D eigenvalue weighted by molar-refractivity contribution is -0.127. The molecule has 0 saturated carbocycles. The fraction of sp³-hybridized carbons (Fsp3) is 0.321. The molecule has 1 aliphatic rings. The van der Waals surface area contributed by atoms with E-state index in [-0.39, 0.29) is 30.0 Å². The van der Waals surface area contributed by atoms with E-state index in [1.165, 1.54) is 4.31 Å². The van der Waals surface area contributed by atoms with Crippen molar-refractivity contribution in [1.82, 2.24) is 5.32 Å². The van der Waals surface area contributed by atoms with E-state index in [2.05, 4.69) is 26.1 Å². The predicted octanol–water partition coefficient (Wildman–Crippen LogP) is 5.10. The fourth-order valence-electron chi connectivity index (χ4n) is 3.91. The molecule has 1 aliphatic heterocycles. The molecule has 0 aromatic heterocycles. The summed E-state index contributed by atoms with van der Waals surface area (Å²) in [7, 11) is -3.95. The third kappa shape index (κ3) is 6.19. The molecule has 9 heteroatoms. The molecule has 1 N–H and O–H groups in total. The van der Waals surface area contributed by atoms with Gasteiger partial charge in [-0.1, -0.05) is 56.1 Å². The number of anilines is 1. The zero-order valence-corrected chi connectivity index (χ0v) is 22.9. The number of nitrogens with one attached hydrogen (secondary N) is 1. The average Bonchev–Trinajstić information content (AvgIpc) is 2.86. The van der Waals surface area contributed by atoms with Crippen molar-refractivity contribution in [2.75, 3.05) is 24.0 Å². The number of carbonyl (C=O) groups is 1. The maximum Gasteiger partial charge on any atom is 0.264 e. The van der Waals surface area contributed by atoms with Crippen molar-refractivity contribution in [2.24, 2.45) is 0 Å². The molecule has 0 bridgehead atoms. The van der Waals surface area contributed by atoms with Gasteiger partial charge in [-0.25, -0.2) is 8.42 Å². The van der Waals surface area contributed by atoms with Crippen molar-refractivity contribution >= 4 is 33.2 Å². The van der Waals surface area contributed by atoms with Crippen molar-refractivity contribution in [3.05, 3.63) is 82.9 Å². The Kier molecular flexibility index (Phi) is 7.71. The zero-order valence-electron chi connectivity index (χ0n) is 21.3. The highest BCUT2D eigenvalue weighted by molar-refractivity contribution is 7.92. The first-order chi connectivity index (χ1) is 17.4. The Labute approximate surface area is 223 Å². The summed E-state index contributed by atoms with van der Waals surface area (Å²) >= 11 is 5.88. The van der Waals surface area contributed by atoms with Gasteiger partial charge in [0.25, 0.3) is 15.9 Å². The lowest BCUT2D eigenvalue weighted by Crippen LogP contribution is -2.51. The molecule has 0 spiro atoms. The van der Waals surface area contributed by atoms with Gasteiger partial charge in [0.2, 0.25) is 0 Å². The number of halogens is 1. The van der Waals surface area contributed by atoms with Crippen LogP contribution in [0.15, 0.2) is 71.6 Å². The van der Waals surface area contributed by atoms with Crippen LogP contribution in [0.25, 0.3) is 0 Å². The van der Waals surface area contributed by atoms with Gasteiger partial charge >= 0.3 is 0 Å². The van der Waals surface area contributed by atoms with E-state index < -0.39 is 22.0 Å². The third-order valence-corrected chi connectivity index (χ3v) is 8.13. The van der Waals surface area contributed by atoms with Crippen LogP contribution < -0.4 is 19.1 Å². The Morgan fingerprint density at radius 1 is 1.08 bits per heavy atom. The molecule has 37 heavy (non-hydrogen) atoms. The van der Waals surface area contributed by atoms with Crippen LogP contribution in [0, 0.1) is 6.92 Å². The average molecular weight is 543 g/mol. The predicted molar refractivity (Wildman–Crippen MR) is 145 cm³/mol. The monoisotopic (exact) mass is 542 g/mol. The molecule has 3 aromatic rings. The van der Waals surface area contributed by atoms with E-state index in [9.17, 15) is 13.2 Å². The molecule has 3 aromatic carbocycles. The number of sulfonamides is 1. The number of amides is 1. The van der Waals surface area contributed by atoms with E-state index >= 15 is 0 Å². The van der Waals surface area contributed by atoms with Gasteiger partial charge in [-0.2, -0.15) is 0 Å². The maximum atomic E-state index is 13.7. The zero-order chi connectivity index (χ0) is 26.8. The van der Waals surface area contributed by atoms with E-state index in [4.69, 9.17) is 21.1 Å². The van der Waals surface area contributed by atoms with E-state index in [1.54, 1.807) is 54.6 Å². The number of hydrogen-bond acceptors (Lipinski definition) is 5. The van der Waals surface area contributed by atoms with Crippen molar-refractivity contribution < 1.29 is 22.7 Å². The van der Waals surface area contributed by atoms with E-state index in [0.29, 0.717) is 22.2 Å². The summed E-state index contributed by atoms with van der Waals surface area (Å²) in [5.41, 5.74) is 2.13. The summed E-state index contributed by atoms with van der Waals surface area (Å²) in [6, 6.07) is 19.0. The summed E-state index contributed by atoms with van der Waals surface area (Å²) in [6.45, 7) is 8.37.